The summed E-state index contributed by atoms with van der Waals surface area (Å²) in [6.07, 6.45) is 2.45. The van der Waals surface area contributed by atoms with E-state index in [9.17, 15) is 14.9 Å². The highest BCUT2D eigenvalue weighted by atomic mass is 16.6. The Morgan fingerprint density at radius 1 is 1.18 bits per heavy atom. The third-order valence-electron chi connectivity index (χ3n) is 5.55. The Labute approximate surface area is 165 Å². The number of anilines is 1. The van der Waals surface area contributed by atoms with Crippen LogP contribution >= 0.6 is 0 Å². The molecule has 2 aromatic carbocycles. The molecule has 2 aromatic rings. The van der Waals surface area contributed by atoms with Crippen molar-refractivity contribution in [1.82, 2.24) is 5.32 Å². The van der Waals surface area contributed by atoms with Gasteiger partial charge in [0.05, 0.1) is 11.0 Å². The zero-order valence-corrected chi connectivity index (χ0v) is 16.6. The molecular formula is C22H27N3O3. The Morgan fingerprint density at radius 3 is 2.39 bits per heavy atom. The Bertz CT molecular complexity index is 856. The summed E-state index contributed by atoms with van der Waals surface area (Å²) >= 11 is 0. The minimum absolute atomic E-state index is 0.0206. The molecule has 1 aliphatic rings. The molecule has 28 heavy (non-hydrogen) atoms. The van der Waals surface area contributed by atoms with Crippen molar-refractivity contribution in [3.05, 3.63) is 69.3 Å². The van der Waals surface area contributed by atoms with Crippen LogP contribution in [0.5, 0.6) is 0 Å². The van der Waals surface area contributed by atoms with Crippen LogP contribution in [0.1, 0.15) is 54.2 Å². The SMILES string of the molecule is Cc1cc(C(=O)N[C@@H](C)c2ccc(N3CCC(C)CC3)cc2)ccc1[N+](=O)[O-]. The van der Waals surface area contributed by atoms with Gasteiger partial charge >= 0.3 is 0 Å². The molecule has 0 aromatic heterocycles. The van der Waals surface area contributed by atoms with Crippen molar-refractivity contribution in [2.24, 2.45) is 5.92 Å². The molecule has 0 aliphatic carbocycles. The molecule has 0 radical (unpaired) electrons. The van der Waals surface area contributed by atoms with E-state index >= 15 is 0 Å². The Kier molecular flexibility index (Phi) is 5.97. The fraction of sp³-hybridized carbons (Fsp3) is 0.409. The summed E-state index contributed by atoms with van der Waals surface area (Å²) < 4.78 is 0. The van der Waals surface area contributed by atoms with Gasteiger partial charge in [0, 0.05) is 36.0 Å². The van der Waals surface area contributed by atoms with Crippen LogP contribution in [0.3, 0.4) is 0 Å². The van der Waals surface area contributed by atoms with Crippen LogP contribution in [0.2, 0.25) is 0 Å². The van der Waals surface area contributed by atoms with Gasteiger partial charge in [-0.2, -0.15) is 0 Å². The molecule has 0 saturated carbocycles. The highest BCUT2D eigenvalue weighted by molar-refractivity contribution is 5.95. The largest absolute Gasteiger partial charge is 0.372 e. The van der Waals surface area contributed by atoms with Gasteiger partial charge in [-0.05, 0) is 62.4 Å². The zero-order chi connectivity index (χ0) is 20.3. The third kappa shape index (κ3) is 4.50. The normalized spacial score (nSPS) is 15.9. The maximum Gasteiger partial charge on any atom is 0.272 e. The lowest BCUT2D eigenvalue weighted by Gasteiger charge is -2.32. The summed E-state index contributed by atoms with van der Waals surface area (Å²) in [5, 5.41) is 13.9. The van der Waals surface area contributed by atoms with Gasteiger partial charge in [0.25, 0.3) is 11.6 Å². The molecular weight excluding hydrogens is 354 g/mol. The molecule has 148 valence electrons. The molecule has 1 heterocycles. The maximum absolute atomic E-state index is 12.5. The van der Waals surface area contributed by atoms with Gasteiger partial charge in [-0.3, -0.25) is 14.9 Å². The van der Waals surface area contributed by atoms with Crippen LogP contribution in [0.25, 0.3) is 0 Å². The second-order valence-corrected chi connectivity index (χ2v) is 7.71. The quantitative estimate of drug-likeness (QED) is 0.605. The highest BCUT2D eigenvalue weighted by Crippen LogP contribution is 2.25. The second kappa shape index (κ2) is 8.42. The number of nitro benzene ring substituents is 1. The first-order chi connectivity index (χ1) is 13.3. The number of carbonyl (C=O) groups is 1. The summed E-state index contributed by atoms with van der Waals surface area (Å²) in [6, 6.07) is 12.6. The molecule has 1 atom stereocenters. The monoisotopic (exact) mass is 381 g/mol. The first kappa shape index (κ1) is 19.9. The number of hydrogen-bond donors (Lipinski definition) is 1. The first-order valence-electron chi connectivity index (χ1n) is 9.76. The van der Waals surface area contributed by atoms with E-state index < -0.39 is 4.92 Å². The van der Waals surface area contributed by atoms with Crippen molar-refractivity contribution >= 4 is 17.3 Å². The van der Waals surface area contributed by atoms with E-state index in [2.05, 4.69) is 41.4 Å². The fourth-order valence-corrected chi connectivity index (χ4v) is 3.61. The van der Waals surface area contributed by atoms with E-state index in [-0.39, 0.29) is 17.6 Å². The molecule has 0 unspecified atom stereocenters. The number of benzene rings is 2. The van der Waals surface area contributed by atoms with E-state index in [0.717, 1.165) is 24.6 Å². The predicted octanol–water partition coefficient (Wildman–Crippen LogP) is 4.63. The highest BCUT2D eigenvalue weighted by Gasteiger charge is 2.18. The smallest absolute Gasteiger partial charge is 0.272 e. The third-order valence-corrected chi connectivity index (χ3v) is 5.55. The van der Waals surface area contributed by atoms with Gasteiger partial charge in [-0.15, -0.1) is 0 Å². The van der Waals surface area contributed by atoms with Gasteiger partial charge in [0.2, 0.25) is 0 Å². The molecule has 0 bridgehead atoms. The van der Waals surface area contributed by atoms with E-state index in [1.807, 2.05) is 6.92 Å². The van der Waals surface area contributed by atoms with Crippen LogP contribution in [-0.2, 0) is 0 Å². The number of nitro groups is 1. The van der Waals surface area contributed by atoms with Crippen molar-refractivity contribution in [1.29, 1.82) is 0 Å². The lowest BCUT2D eigenvalue weighted by atomic mass is 9.98. The summed E-state index contributed by atoms with van der Waals surface area (Å²) in [6.45, 7) is 8.06. The average molecular weight is 381 g/mol. The summed E-state index contributed by atoms with van der Waals surface area (Å²) in [5.74, 6) is 0.563. The number of amides is 1. The van der Waals surface area contributed by atoms with Gasteiger partial charge in [0.15, 0.2) is 0 Å². The van der Waals surface area contributed by atoms with Gasteiger partial charge in [-0.25, -0.2) is 0 Å². The molecule has 6 nitrogen and oxygen atoms in total. The molecule has 3 rings (SSSR count). The molecule has 1 N–H and O–H groups in total. The molecule has 1 saturated heterocycles. The Hall–Kier alpha value is -2.89. The predicted molar refractivity (Wildman–Crippen MR) is 111 cm³/mol. The standard InChI is InChI=1S/C22H27N3O3/c1-15-10-12-24(13-11-15)20-7-4-18(5-8-20)17(3)23-22(26)19-6-9-21(25(27)28)16(2)14-19/h4-9,14-15,17H,10-13H2,1-3H3,(H,23,26)/t17-/m0/s1. The number of hydrogen-bond acceptors (Lipinski definition) is 4. The Balaban J connectivity index is 1.64. The fourth-order valence-electron chi connectivity index (χ4n) is 3.61. The van der Waals surface area contributed by atoms with E-state index in [4.69, 9.17) is 0 Å². The summed E-state index contributed by atoms with van der Waals surface area (Å²) in [7, 11) is 0. The van der Waals surface area contributed by atoms with Crippen molar-refractivity contribution in [3.8, 4) is 0 Å². The minimum atomic E-state index is -0.440. The van der Waals surface area contributed by atoms with Gasteiger partial charge in [-0.1, -0.05) is 19.1 Å². The molecule has 1 fully saturated rings. The topological polar surface area (TPSA) is 75.5 Å². The summed E-state index contributed by atoms with van der Waals surface area (Å²) in [4.78, 5) is 25.4. The lowest BCUT2D eigenvalue weighted by molar-refractivity contribution is -0.385. The maximum atomic E-state index is 12.5. The van der Waals surface area contributed by atoms with Crippen LogP contribution in [-0.4, -0.2) is 23.9 Å². The van der Waals surface area contributed by atoms with Crippen molar-refractivity contribution in [2.45, 2.75) is 39.7 Å². The van der Waals surface area contributed by atoms with Crippen molar-refractivity contribution in [2.75, 3.05) is 18.0 Å². The number of nitrogens with one attached hydrogen (secondary N) is 1. The van der Waals surface area contributed by atoms with E-state index in [1.54, 1.807) is 13.0 Å². The number of aryl methyl sites for hydroxylation is 1. The summed E-state index contributed by atoms with van der Waals surface area (Å²) in [5.41, 5.74) is 3.17. The van der Waals surface area contributed by atoms with Crippen LogP contribution in [0.15, 0.2) is 42.5 Å². The number of carbonyl (C=O) groups excluding carboxylic acids is 1. The first-order valence-corrected chi connectivity index (χ1v) is 9.76. The Morgan fingerprint density at radius 2 is 1.82 bits per heavy atom. The minimum Gasteiger partial charge on any atom is -0.372 e. The van der Waals surface area contributed by atoms with Crippen LogP contribution < -0.4 is 10.2 Å². The van der Waals surface area contributed by atoms with Gasteiger partial charge < -0.3 is 10.2 Å². The average Bonchev–Trinajstić information content (AvgIpc) is 2.68. The molecule has 6 heteroatoms. The van der Waals surface area contributed by atoms with Crippen molar-refractivity contribution < 1.29 is 9.72 Å². The van der Waals surface area contributed by atoms with Crippen LogP contribution in [0, 0.1) is 23.0 Å². The number of nitrogens with zero attached hydrogens (tertiary/aromatic N) is 2. The molecule has 0 spiro atoms. The van der Waals surface area contributed by atoms with Crippen LogP contribution in [0.4, 0.5) is 11.4 Å². The van der Waals surface area contributed by atoms with E-state index in [0.29, 0.717) is 11.1 Å². The number of piperidine rings is 1. The zero-order valence-electron chi connectivity index (χ0n) is 16.6. The molecule has 1 amide bonds. The van der Waals surface area contributed by atoms with Gasteiger partial charge in [0.1, 0.15) is 0 Å². The number of rotatable bonds is 5. The molecule has 1 aliphatic heterocycles. The van der Waals surface area contributed by atoms with Crippen molar-refractivity contribution in [3.63, 3.8) is 0 Å². The second-order valence-electron chi connectivity index (χ2n) is 7.71. The lowest BCUT2D eigenvalue weighted by Crippen LogP contribution is -2.32. The van der Waals surface area contributed by atoms with E-state index in [1.165, 1.54) is 30.7 Å².